The molecule has 4 heteroatoms. The molecular formula is C17H13NOS2. The molecule has 1 aliphatic rings. The first kappa shape index (κ1) is 12.9. The van der Waals surface area contributed by atoms with E-state index in [9.17, 15) is 4.79 Å². The van der Waals surface area contributed by atoms with Crippen molar-refractivity contribution in [3.8, 4) is 0 Å². The van der Waals surface area contributed by atoms with Crippen LogP contribution < -0.4 is 4.90 Å². The van der Waals surface area contributed by atoms with E-state index in [4.69, 9.17) is 0 Å². The molecule has 3 aromatic rings. The highest BCUT2D eigenvalue weighted by atomic mass is 32.2. The first-order valence-corrected chi connectivity index (χ1v) is 8.71. The molecule has 2 heterocycles. The Labute approximate surface area is 131 Å². The lowest BCUT2D eigenvalue weighted by atomic mass is 10.1. The van der Waals surface area contributed by atoms with Gasteiger partial charge in [-0.3, -0.25) is 4.79 Å². The first-order valence-electron chi connectivity index (χ1n) is 6.84. The average molecular weight is 311 g/mol. The maximum atomic E-state index is 13.0. The predicted molar refractivity (Wildman–Crippen MR) is 90.7 cm³/mol. The molecule has 1 aromatic heterocycles. The van der Waals surface area contributed by atoms with Crippen molar-refractivity contribution in [2.24, 2.45) is 0 Å². The van der Waals surface area contributed by atoms with Crippen LogP contribution in [0.3, 0.4) is 0 Å². The summed E-state index contributed by atoms with van der Waals surface area (Å²) in [6.07, 6.45) is 0. The van der Waals surface area contributed by atoms with E-state index >= 15 is 0 Å². The van der Waals surface area contributed by atoms with Crippen LogP contribution in [0.4, 0.5) is 5.69 Å². The highest BCUT2D eigenvalue weighted by Crippen LogP contribution is 2.36. The number of anilines is 1. The van der Waals surface area contributed by atoms with Gasteiger partial charge >= 0.3 is 0 Å². The zero-order valence-corrected chi connectivity index (χ0v) is 12.9. The van der Waals surface area contributed by atoms with E-state index < -0.39 is 0 Å². The number of carbonyl (C=O) groups is 1. The number of carbonyl (C=O) groups excluding carboxylic acids is 1. The topological polar surface area (TPSA) is 20.3 Å². The van der Waals surface area contributed by atoms with Crippen molar-refractivity contribution >= 4 is 44.8 Å². The van der Waals surface area contributed by atoms with Gasteiger partial charge < -0.3 is 4.90 Å². The molecule has 1 aliphatic heterocycles. The van der Waals surface area contributed by atoms with Gasteiger partial charge in [-0.15, -0.1) is 23.1 Å². The molecule has 0 unspecified atom stereocenters. The fourth-order valence-electron chi connectivity index (χ4n) is 2.67. The van der Waals surface area contributed by atoms with E-state index in [1.165, 1.54) is 9.60 Å². The van der Waals surface area contributed by atoms with Crippen molar-refractivity contribution in [2.45, 2.75) is 4.90 Å². The molecule has 0 N–H and O–H groups in total. The second kappa shape index (κ2) is 5.20. The third-order valence-electron chi connectivity index (χ3n) is 3.69. The summed E-state index contributed by atoms with van der Waals surface area (Å²) in [6.45, 7) is 0.769. The third kappa shape index (κ3) is 2.15. The normalized spacial score (nSPS) is 14.2. The summed E-state index contributed by atoms with van der Waals surface area (Å²) in [5, 5.41) is 3.04. The van der Waals surface area contributed by atoms with Crippen LogP contribution in [0.15, 0.2) is 58.8 Å². The van der Waals surface area contributed by atoms with Gasteiger partial charge in [0.15, 0.2) is 0 Å². The van der Waals surface area contributed by atoms with Crippen molar-refractivity contribution in [3.63, 3.8) is 0 Å². The maximum Gasteiger partial charge on any atom is 0.259 e. The summed E-state index contributed by atoms with van der Waals surface area (Å²) in [5.41, 5.74) is 1.85. The number of hydrogen-bond acceptors (Lipinski definition) is 3. The highest BCUT2D eigenvalue weighted by molar-refractivity contribution is 7.99. The Balaban J connectivity index is 1.79. The van der Waals surface area contributed by atoms with Crippen molar-refractivity contribution in [1.29, 1.82) is 0 Å². The largest absolute Gasteiger partial charge is 0.306 e. The van der Waals surface area contributed by atoms with Crippen molar-refractivity contribution in [1.82, 2.24) is 0 Å². The average Bonchev–Trinajstić information content (AvgIpc) is 2.98. The van der Waals surface area contributed by atoms with Gasteiger partial charge in [-0.1, -0.05) is 30.3 Å². The van der Waals surface area contributed by atoms with E-state index in [1.54, 1.807) is 11.3 Å². The van der Waals surface area contributed by atoms with Crippen LogP contribution in [0.25, 0.3) is 10.1 Å². The molecule has 4 rings (SSSR count). The Hall–Kier alpha value is -1.78. The Morgan fingerprint density at radius 3 is 2.81 bits per heavy atom. The Morgan fingerprint density at radius 1 is 1.05 bits per heavy atom. The van der Waals surface area contributed by atoms with Gasteiger partial charge in [-0.2, -0.15) is 0 Å². The number of amides is 1. The lowest BCUT2D eigenvalue weighted by Gasteiger charge is -2.28. The molecular weight excluding hydrogens is 298 g/mol. The summed E-state index contributed by atoms with van der Waals surface area (Å²) in [4.78, 5) is 16.1. The van der Waals surface area contributed by atoms with Gasteiger partial charge in [-0.05, 0) is 18.2 Å². The molecule has 2 nitrogen and oxygen atoms in total. The van der Waals surface area contributed by atoms with Gasteiger partial charge in [0.1, 0.15) is 0 Å². The highest BCUT2D eigenvalue weighted by Gasteiger charge is 2.25. The predicted octanol–water partition coefficient (Wildman–Crippen LogP) is 4.65. The summed E-state index contributed by atoms with van der Waals surface area (Å²) in [7, 11) is 0. The van der Waals surface area contributed by atoms with Crippen LogP contribution in [-0.2, 0) is 0 Å². The summed E-state index contributed by atoms with van der Waals surface area (Å²) < 4.78 is 1.17. The number of para-hydroxylation sites is 1. The number of rotatable bonds is 1. The molecule has 0 spiro atoms. The molecule has 0 aliphatic carbocycles. The third-order valence-corrected chi connectivity index (χ3v) is 5.69. The molecule has 104 valence electrons. The van der Waals surface area contributed by atoms with Gasteiger partial charge in [0.05, 0.1) is 11.3 Å². The molecule has 2 aromatic carbocycles. The van der Waals surface area contributed by atoms with E-state index in [2.05, 4.69) is 12.1 Å². The minimum Gasteiger partial charge on any atom is -0.306 e. The molecule has 0 radical (unpaired) electrons. The van der Waals surface area contributed by atoms with Crippen molar-refractivity contribution < 1.29 is 4.79 Å². The monoisotopic (exact) mass is 311 g/mol. The molecule has 0 atom stereocenters. The second-order valence-electron chi connectivity index (χ2n) is 4.92. The molecule has 0 saturated carbocycles. The number of hydrogen-bond donors (Lipinski definition) is 0. The zero-order valence-electron chi connectivity index (χ0n) is 11.3. The minimum absolute atomic E-state index is 0.111. The smallest absolute Gasteiger partial charge is 0.259 e. The van der Waals surface area contributed by atoms with E-state index in [0.717, 1.165) is 28.9 Å². The number of benzene rings is 2. The SMILES string of the molecule is O=C(c1csc2ccccc12)N1CCSc2ccccc21. The second-order valence-corrected chi connectivity index (χ2v) is 6.97. The number of nitrogens with zero attached hydrogens (tertiary/aromatic N) is 1. The molecule has 0 bridgehead atoms. The quantitative estimate of drug-likeness (QED) is 0.652. The van der Waals surface area contributed by atoms with Crippen molar-refractivity contribution in [3.05, 3.63) is 59.5 Å². The van der Waals surface area contributed by atoms with Crippen LogP contribution in [0.5, 0.6) is 0 Å². The molecule has 1 amide bonds. The fourth-order valence-corrected chi connectivity index (χ4v) is 4.60. The van der Waals surface area contributed by atoms with Gasteiger partial charge in [0.2, 0.25) is 0 Å². The van der Waals surface area contributed by atoms with Crippen LogP contribution in [-0.4, -0.2) is 18.2 Å². The number of thiophene rings is 1. The first-order chi connectivity index (χ1) is 10.3. The lowest BCUT2D eigenvalue weighted by Crippen LogP contribution is -2.35. The van der Waals surface area contributed by atoms with E-state index in [-0.39, 0.29) is 5.91 Å². The van der Waals surface area contributed by atoms with Gasteiger partial charge in [-0.25, -0.2) is 0 Å². The van der Waals surface area contributed by atoms with E-state index in [0.29, 0.717) is 0 Å². The van der Waals surface area contributed by atoms with Crippen LogP contribution in [0.1, 0.15) is 10.4 Å². The van der Waals surface area contributed by atoms with Crippen LogP contribution in [0, 0.1) is 0 Å². The standard InChI is InChI=1S/C17H13NOS2/c19-17(13-11-21-15-7-3-1-5-12(13)15)18-9-10-20-16-8-4-2-6-14(16)18/h1-8,11H,9-10H2. The molecule has 0 fully saturated rings. The lowest BCUT2D eigenvalue weighted by molar-refractivity contribution is 0.0989. The Morgan fingerprint density at radius 2 is 1.86 bits per heavy atom. The van der Waals surface area contributed by atoms with Gasteiger partial charge in [0.25, 0.3) is 5.91 Å². The summed E-state index contributed by atoms with van der Waals surface area (Å²) in [6, 6.07) is 16.3. The Bertz CT molecular complexity index is 824. The summed E-state index contributed by atoms with van der Waals surface area (Å²) >= 11 is 3.45. The molecule has 0 saturated heterocycles. The number of fused-ring (bicyclic) bond motifs is 2. The van der Waals surface area contributed by atoms with Crippen LogP contribution >= 0.6 is 23.1 Å². The maximum absolute atomic E-state index is 13.0. The van der Waals surface area contributed by atoms with Gasteiger partial charge in [0, 0.05) is 32.7 Å². The van der Waals surface area contributed by atoms with Crippen molar-refractivity contribution in [2.75, 3.05) is 17.2 Å². The van der Waals surface area contributed by atoms with Crippen LogP contribution in [0.2, 0.25) is 0 Å². The Kier molecular flexibility index (Phi) is 3.20. The summed E-state index contributed by atoms with van der Waals surface area (Å²) in [5.74, 6) is 1.06. The zero-order chi connectivity index (χ0) is 14.2. The minimum atomic E-state index is 0.111. The van der Waals surface area contributed by atoms with E-state index in [1.807, 2.05) is 58.4 Å². The fraction of sp³-hybridized carbons (Fsp3) is 0.118. The molecule has 21 heavy (non-hydrogen) atoms. The number of thioether (sulfide) groups is 1.